The summed E-state index contributed by atoms with van der Waals surface area (Å²) in [6.45, 7) is 0. The third kappa shape index (κ3) is 1.84. The minimum atomic E-state index is -1.40. The third-order valence-electron chi connectivity index (χ3n) is 2.08. The lowest BCUT2D eigenvalue weighted by Gasteiger charge is -2.36. The predicted octanol–water partition coefficient (Wildman–Crippen LogP) is 0.00640. The first kappa shape index (κ1) is 9.67. The van der Waals surface area contributed by atoms with Gasteiger partial charge in [0.2, 0.25) is 0 Å². The second-order valence-corrected chi connectivity index (χ2v) is 2.98. The Kier molecular flexibility index (Phi) is 2.53. The van der Waals surface area contributed by atoms with Gasteiger partial charge in [-0.05, 0) is 6.08 Å². The molecule has 0 radical (unpaired) electrons. The highest BCUT2D eigenvalue weighted by molar-refractivity contribution is 5.05. The van der Waals surface area contributed by atoms with Crippen LogP contribution in [0, 0.1) is 0 Å². The van der Waals surface area contributed by atoms with Crippen LogP contribution < -0.4 is 0 Å². The van der Waals surface area contributed by atoms with Crippen molar-refractivity contribution in [1.29, 1.82) is 0 Å². The summed E-state index contributed by atoms with van der Waals surface area (Å²) in [5.74, 6) is -2.71. The molecule has 0 saturated carbocycles. The van der Waals surface area contributed by atoms with Crippen molar-refractivity contribution in [3.63, 3.8) is 0 Å². The number of ether oxygens (including phenoxy) is 2. The van der Waals surface area contributed by atoms with Gasteiger partial charge in [0.1, 0.15) is 0 Å². The van der Waals surface area contributed by atoms with E-state index in [9.17, 15) is 10.2 Å². The summed E-state index contributed by atoms with van der Waals surface area (Å²) >= 11 is 0. The van der Waals surface area contributed by atoms with E-state index in [-0.39, 0.29) is 6.42 Å². The lowest BCUT2D eigenvalue weighted by molar-refractivity contribution is -0.260. The Bertz CT molecular complexity index is 191. The molecule has 4 heteroatoms. The average Bonchev–Trinajstić information content (AvgIpc) is 2.05. The minimum absolute atomic E-state index is 0.0312. The average molecular weight is 174 g/mol. The molecule has 2 N–H and O–H groups in total. The van der Waals surface area contributed by atoms with Crippen molar-refractivity contribution >= 4 is 0 Å². The number of rotatable bonds is 2. The standard InChI is InChI=1S/C8H14O4/c1-11-7(9)4-3-5-8(10,6-7)12-2/h3-4,9-10H,5-6H2,1-2H3. The van der Waals surface area contributed by atoms with Crippen molar-refractivity contribution in [2.24, 2.45) is 0 Å². The van der Waals surface area contributed by atoms with Crippen molar-refractivity contribution < 1.29 is 19.7 Å². The maximum Gasteiger partial charge on any atom is 0.190 e. The summed E-state index contributed by atoms with van der Waals surface area (Å²) in [5, 5.41) is 19.2. The first-order valence-corrected chi connectivity index (χ1v) is 3.76. The van der Waals surface area contributed by atoms with Gasteiger partial charge in [0.15, 0.2) is 11.6 Å². The van der Waals surface area contributed by atoms with E-state index in [1.165, 1.54) is 20.3 Å². The Hall–Kier alpha value is -0.420. The fourth-order valence-electron chi connectivity index (χ4n) is 1.25. The molecule has 12 heavy (non-hydrogen) atoms. The molecule has 0 aliphatic heterocycles. The van der Waals surface area contributed by atoms with Crippen LogP contribution >= 0.6 is 0 Å². The molecule has 0 bridgehead atoms. The van der Waals surface area contributed by atoms with Crippen molar-refractivity contribution in [1.82, 2.24) is 0 Å². The van der Waals surface area contributed by atoms with E-state index in [1.54, 1.807) is 6.08 Å². The Labute approximate surface area is 71.4 Å². The van der Waals surface area contributed by atoms with Gasteiger partial charge in [0.25, 0.3) is 0 Å². The summed E-state index contributed by atoms with van der Waals surface area (Å²) < 4.78 is 9.64. The summed E-state index contributed by atoms with van der Waals surface area (Å²) in [6, 6.07) is 0. The summed E-state index contributed by atoms with van der Waals surface area (Å²) in [7, 11) is 2.78. The fraction of sp³-hybridized carbons (Fsp3) is 0.750. The van der Waals surface area contributed by atoms with Crippen molar-refractivity contribution in [3.05, 3.63) is 12.2 Å². The third-order valence-corrected chi connectivity index (χ3v) is 2.08. The number of hydrogen-bond donors (Lipinski definition) is 2. The molecule has 0 aromatic rings. The van der Waals surface area contributed by atoms with Crippen LogP contribution in [-0.2, 0) is 9.47 Å². The highest BCUT2D eigenvalue weighted by Gasteiger charge is 2.40. The van der Waals surface area contributed by atoms with Gasteiger partial charge < -0.3 is 19.7 Å². The molecule has 0 aromatic heterocycles. The van der Waals surface area contributed by atoms with Gasteiger partial charge >= 0.3 is 0 Å². The molecule has 1 rings (SSSR count). The van der Waals surface area contributed by atoms with Crippen LogP contribution in [0.3, 0.4) is 0 Å². The minimum Gasteiger partial charge on any atom is -0.365 e. The van der Waals surface area contributed by atoms with Gasteiger partial charge in [-0.15, -0.1) is 0 Å². The van der Waals surface area contributed by atoms with Crippen molar-refractivity contribution in [3.8, 4) is 0 Å². The predicted molar refractivity (Wildman–Crippen MR) is 42.3 cm³/mol. The highest BCUT2D eigenvalue weighted by Crippen LogP contribution is 2.31. The fourth-order valence-corrected chi connectivity index (χ4v) is 1.25. The molecule has 2 atom stereocenters. The lowest BCUT2D eigenvalue weighted by atomic mass is 9.95. The monoisotopic (exact) mass is 174 g/mol. The molecular weight excluding hydrogens is 160 g/mol. The molecule has 0 amide bonds. The van der Waals surface area contributed by atoms with Gasteiger partial charge in [-0.3, -0.25) is 0 Å². The van der Waals surface area contributed by atoms with E-state index < -0.39 is 11.6 Å². The maximum absolute atomic E-state index is 9.63. The number of methoxy groups -OCH3 is 2. The zero-order valence-corrected chi connectivity index (χ0v) is 7.28. The van der Waals surface area contributed by atoms with Crippen LogP contribution in [-0.4, -0.2) is 36.0 Å². The Morgan fingerprint density at radius 3 is 2.42 bits per heavy atom. The summed E-state index contributed by atoms with van der Waals surface area (Å²) in [6.07, 6.45) is 3.55. The van der Waals surface area contributed by atoms with Gasteiger partial charge in [0.05, 0.1) is 6.42 Å². The lowest BCUT2D eigenvalue weighted by Crippen LogP contribution is -2.45. The van der Waals surface area contributed by atoms with Crippen LogP contribution in [0.1, 0.15) is 12.8 Å². The maximum atomic E-state index is 9.63. The normalized spacial score (nSPS) is 41.7. The van der Waals surface area contributed by atoms with E-state index in [0.717, 1.165) is 0 Å². The second-order valence-electron chi connectivity index (χ2n) is 2.98. The zero-order chi connectivity index (χ0) is 9.24. The van der Waals surface area contributed by atoms with E-state index in [1.807, 2.05) is 0 Å². The Morgan fingerprint density at radius 2 is 1.92 bits per heavy atom. The highest BCUT2D eigenvalue weighted by atomic mass is 16.6. The van der Waals surface area contributed by atoms with E-state index in [2.05, 4.69) is 0 Å². The Morgan fingerprint density at radius 1 is 1.25 bits per heavy atom. The van der Waals surface area contributed by atoms with Gasteiger partial charge in [-0.25, -0.2) is 0 Å². The van der Waals surface area contributed by atoms with Crippen LogP contribution in [0.2, 0.25) is 0 Å². The molecule has 0 heterocycles. The molecule has 0 spiro atoms. The largest absolute Gasteiger partial charge is 0.365 e. The van der Waals surface area contributed by atoms with Crippen molar-refractivity contribution in [2.45, 2.75) is 24.4 Å². The van der Waals surface area contributed by atoms with Gasteiger partial charge in [0, 0.05) is 20.6 Å². The second kappa shape index (κ2) is 3.14. The molecule has 2 unspecified atom stereocenters. The van der Waals surface area contributed by atoms with E-state index in [4.69, 9.17) is 9.47 Å². The molecular formula is C8H14O4. The van der Waals surface area contributed by atoms with Crippen LogP contribution in [0.5, 0.6) is 0 Å². The van der Waals surface area contributed by atoms with Gasteiger partial charge in [-0.2, -0.15) is 0 Å². The first-order chi connectivity index (χ1) is 5.54. The van der Waals surface area contributed by atoms with Gasteiger partial charge in [-0.1, -0.05) is 6.08 Å². The van der Waals surface area contributed by atoms with Crippen LogP contribution in [0.15, 0.2) is 12.2 Å². The van der Waals surface area contributed by atoms with Crippen molar-refractivity contribution in [2.75, 3.05) is 14.2 Å². The SMILES string of the molecule is COC1(O)C=CCC(O)(OC)C1. The van der Waals surface area contributed by atoms with E-state index >= 15 is 0 Å². The summed E-state index contributed by atoms with van der Waals surface area (Å²) in [4.78, 5) is 0. The zero-order valence-electron chi connectivity index (χ0n) is 7.28. The molecule has 4 nitrogen and oxygen atoms in total. The number of aliphatic hydroxyl groups is 2. The topological polar surface area (TPSA) is 58.9 Å². The molecule has 1 aliphatic rings. The molecule has 70 valence electrons. The van der Waals surface area contributed by atoms with Crippen LogP contribution in [0.4, 0.5) is 0 Å². The molecule has 1 aliphatic carbocycles. The number of hydrogen-bond acceptors (Lipinski definition) is 4. The van der Waals surface area contributed by atoms with Crippen LogP contribution in [0.25, 0.3) is 0 Å². The Balaban J connectivity index is 2.75. The van der Waals surface area contributed by atoms with E-state index in [0.29, 0.717) is 6.42 Å². The smallest absolute Gasteiger partial charge is 0.190 e. The summed E-state index contributed by atoms with van der Waals surface area (Å²) in [5.41, 5.74) is 0. The molecule has 0 aromatic carbocycles. The quantitative estimate of drug-likeness (QED) is 0.457. The molecule has 0 fully saturated rings. The molecule has 0 saturated heterocycles. The first-order valence-electron chi connectivity index (χ1n) is 3.76.